The highest BCUT2D eigenvalue weighted by Crippen LogP contribution is 2.14. The molecule has 0 saturated heterocycles. The fourth-order valence-corrected chi connectivity index (χ4v) is 1.89. The fourth-order valence-electron chi connectivity index (χ4n) is 1.80. The van der Waals surface area contributed by atoms with Crippen molar-refractivity contribution in [1.82, 2.24) is 4.90 Å². The first kappa shape index (κ1) is 16.4. The van der Waals surface area contributed by atoms with Crippen molar-refractivity contribution in [2.24, 2.45) is 5.73 Å². The Balaban J connectivity index is 2.53. The van der Waals surface area contributed by atoms with Gasteiger partial charge < -0.3 is 15.5 Å². The zero-order valence-corrected chi connectivity index (χ0v) is 13.2. The van der Waals surface area contributed by atoms with E-state index in [0.717, 1.165) is 12.1 Å². The molecule has 1 rings (SSSR count). The molecule has 0 heterocycles. The van der Waals surface area contributed by atoms with E-state index in [4.69, 9.17) is 18.0 Å². The molecule has 4 nitrogen and oxygen atoms in total. The van der Waals surface area contributed by atoms with Crippen LogP contribution in [0.5, 0.6) is 0 Å². The van der Waals surface area contributed by atoms with Crippen LogP contribution in [-0.2, 0) is 11.2 Å². The van der Waals surface area contributed by atoms with Gasteiger partial charge in [-0.2, -0.15) is 0 Å². The molecule has 0 unspecified atom stereocenters. The van der Waals surface area contributed by atoms with Crippen LogP contribution in [0.3, 0.4) is 0 Å². The molecule has 2 N–H and O–H groups in total. The Morgan fingerprint density at radius 1 is 1.25 bits per heavy atom. The largest absolute Gasteiger partial charge is 0.393 e. The topological polar surface area (TPSA) is 49.6 Å². The normalized spacial score (nSPS) is 10.2. The van der Waals surface area contributed by atoms with Crippen molar-refractivity contribution in [2.75, 3.05) is 32.1 Å². The second-order valence-corrected chi connectivity index (χ2v) is 5.43. The highest BCUT2D eigenvalue weighted by atomic mass is 32.1. The molecule has 0 aromatic heterocycles. The predicted octanol–water partition coefficient (Wildman–Crippen LogP) is 1.82. The highest BCUT2D eigenvalue weighted by molar-refractivity contribution is 7.80. The fraction of sp³-hybridized carbons (Fsp3) is 0.467. The Morgan fingerprint density at radius 2 is 1.85 bits per heavy atom. The van der Waals surface area contributed by atoms with Gasteiger partial charge in [-0.05, 0) is 24.1 Å². The van der Waals surface area contributed by atoms with Crippen LogP contribution in [0.2, 0.25) is 0 Å². The van der Waals surface area contributed by atoms with Crippen LogP contribution in [-0.4, -0.2) is 43.0 Å². The van der Waals surface area contributed by atoms with E-state index >= 15 is 0 Å². The molecule has 0 aliphatic heterocycles. The van der Waals surface area contributed by atoms with Gasteiger partial charge in [0.2, 0.25) is 5.91 Å². The number of amides is 1. The molecule has 0 bridgehead atoms. The lowest BCUT2D eigenvalue weighted by atomic mass is 10.1. The van der Waals surface area contributed by atoms with Gasteiger partial charge >= 0.3 is 0 Å². The predicted molar refractivity (Wildman–Crippen MR) is 88.1 cm³/mol. The molecule has 0 radical (unpaired) electrons. The molecule has 110 valence electrons. The van der Waals surface area contributed by atoms with E-state index in [9.17, 15) is 4.79 Å². The Hall–Kier alpha value is -1.62. The van der Waals surface area contributed by atoms with Gasteiger partial charge in [0, 0.05) is 32.7 Å². The van der Waals surface area contributed by atoms with E-state index in [0.29, 0.717) is 24.5 Å². The standard InChI is InChI=1S/C15H23N3OS/c1-4-12-5-7-13(8-6-12)18(3)11-15(19)17(2)10-9-14(16)20/h5-8H,4,9-11H2,1-3H3,(H2,16,20). The quantitative estimate of drug-likeness (QED) is 0.779. The number of anilines is 1. The minimum Gasteiger partial charge on any atom is -0.393 e. The van der Waals surface area contributed by atoms with Crippen molar-refractivity contribution in [3.8, 4) is 0 Å². The van der Waals surface area contributed by atoms with Crippen LogP contribution >= 0.6 is 12.2 Å². The van der Waals surface area contributed by atoms with Gasteiger partial charge in [0.15, 0.2) is 0 Å². The molecule has 1 aromatic carbocycles. The summed E-state index contributed by atoms with van der Waals surface area (Å²) in [6.45, 7) is 3.04. The number of hydrogen-bond donors (Lipinski definition) is 1. The van der Waals surface area contributed by atoms with Gasteiger partial charge in [0.1, 0.15) is 0 Å². The van der Waals surface area contributed by atoms with Crippen molar-refractivity contribution < 1.29 is 4.79 Å². The van der Waals surface area contributed by atoms with Gasteiger partial charge in [-0.1, -0.05) is 31.3 Å². The van der Waals surface area contributed by atoms with Crippen LogP contribution in [0.15, 0.2) is 24.3 Å². The average Bonchev–Trinajstić information content (AvgIpc) is 2.44. The lowest BCUT2D eigenvalue weighted by molar-refractivity contribution is -0.128. The molecule has 0 aliphatic carbocycles. The summed E-state index contributed by atoms with van der Waals surface area (Å²) >= 11 is 4.82. The number of likely N-dealkylation sites (N-methyl/N-ethyl adjacent to an activating group) is 2. The smallest absolute Gasteiger partial charge is 0.241 e. The summed E-state index contributed by atoms with van der Waals surface area (Å²) in [7, 11) is 3.69. The number of thiocarbonyl (C=S) groups is 1. The van der Waals surface area contributed by atoms with Crippen molar-refractivity contribution in [3.05, 3.63) is 29.8 Å². The molecule has 20 heavy (non-hydrogen) atoms. The number of hydrogen-bond acceptors (Lipinski definition) is 3. The third kappa shape index (κ3) is 5.17. The molecule has 1 amide bonds. The molecule has 0 fully saturated rings. The van der Waals surface area contributed by atoms with E-state index in [-0.39, 0.29) is 5.91 Å². The second-order valence-electron chi connectivity index (χ2n) is 4.91. The summed E-state index contributed by atoms with van der Waals surface area (Å²) in [5.41, 5.74) is 7.78. The number of rotatable bonds is 7. The minimum absolute atomic E-state index is 0.0586. The lowest BCUT2D eigenvalue weighted by Gasteiger charge is -2.23. The number of carbonyl (C=O) groups is 1. The SMILES string of the molecule is CCc1ccc(N(C)CC(=O)N(C)CCC(N)=S)cc1. The maximum absolute atomic E-state index is 12.1. The maximum atomic E-state index is 12.1. The van der Waals surface area contributed by atoms with Gasteiger partial charge in [-0.3, -0.25) is 4.79 Å². The van der Waals surface area contributed by atoms with E-state index in [1.807, 2.05) is 24.1 Å². The van der Waals surface area contributed by atoms with E-state index < -0.39 is 0 Å². The Morgan fingerprint density at radius 3 is 2.35 bits per heavy atom. The first-order chi connectivity index (χ1) is 9.43. The molecule has 0 atom stereocenters. The average molecular weight is 293 g/mol. The van der Waals surface area contributed by atoms with Crippen molar-refractivity contribution >= 4 is 28.8 Å². The number of benzene rings is 1. The Bertz CT molecular complexity index is 459. The minimum atomic E-state index is 0.0586. The molecule has 0 spiro atoms. The summed E-state index contributed by atoms with van der Waals surface area (Å²) in [6, 6.07) is 8.27. The molecular weight excluding hydrogens is 270 g/mol. The van der Waals surface area contributed by atoms with Crippen LogP contribution in [0.25, 0.3) is 0 Å². The van der Waals surface area contributed by atoms with Crippen LogP contribution in [0, 0.1) is 0 Å². The summed E-state index contributed by atoms with van der Waals surface area (Å²) in [5, 5.41) is 0. The zero-order chi connectivity index (χ0) is 15.1. The maximum Gasteiger partial charge on any atom is 0.241 e. The Labute approximate surface area is 126 Å². The first-order valence-electron chi connectivity index (χ1n) is 6.76. The van der Waals surface area contributed by atoms with E-state index in [2.05, 4.69) is 19.1 Å². The molecule has 0 saturated carbocycles. The number of carbonyl (C=O) groups excluding carboxylic acids is 1. The summed E-state index contributed by atoms with van der Waals surface area (Å²) in [5.74, 6) is 0.0586. The van der Waals surface area contributed by atoms with Crippen LogP contribution in [0.4, 0.5) is 5.69 Å². The first-order valence-corrected chi connectivity index (χ1v) is 7.17. The van der Waals surface area contributed by atoms with Crippen LogP contribution in [0.1, 0.15) is 18.9 Å². The van der Waals surface area contributed by atoms with Gasteiger partial charge in [-0.15, -0.1) is 0 Å². The zero-order valence-electron chi connectivity index (χ0n) is 12.4. The molecule has 1 aromatic rings. The van der Waals surface area contributed by atoms with E-state index in [1.165, 1.54) is 5.56 Å². The summed E-state index contributed by atoms with van der Waals surface area (Å²) in [6.07, 6.45) is 1.58. The molecule has 0 aliphatic rings. The van der Waals surface area contributed by atoms with Crippen molar-refractivity contribution in [3.63, 3.8) is 0 Å². The third-order valence-corrected chi connectivity index (χ3v) is 3.48. The lowest BCUT2D eigenvalue weighted by Crippen LogP contribution is -2.38. The van der Waals surface area contributed by atoms with Crippen molar-refractivity contribution in [2.45, 2.75) is 19.8 Å². The highest BCUT2D eigenvalue weighted by Gasteiger charge is 2.12. The third-order valence-electron chi connectivity index (χ3n) is 3.28. The number of nitrogens with zero attached hydrogens (tertiary/aromatic N) is 2. The van der Waals surface area contributed by atoms with Gasteiger partial charge in [0.25, 0.3) is 0 Å². The van der Waals surface area contributed by atoms with Crippen LogP contribution < -0.4 is 10.6 Å². The molecule has 5 heteroatoms. The summed E-state index contributed by atoms with van der Waals surface area (Å²) in [4.78, 5) is 16.1. The second kappa shape index (κ2) is 7.85. The summed E-state index contributed by atoms with van der Waals surface area (Å²) < 4.78 is 0. The number of aryl methyl sites for hydroxylation is 1. The monoisotopic (exact) mass is 293 g/mol. The van der Waals surface area contributed by atoms with Gasteiger partial charge in [0.05, 0.1) is 11.5 Å². The van der Waals surface area contributed by atoms with E-state index in [1.54, 1.807) is 11.9 Å². The molecular formula is C15H23N3OS. The van der Waals surface area contributed by atoms with Crippen molar-refractivity contribution in [1.29, 1.82) is 0 Å². The Kier molecular flexibility index (Phi) is 6.45. The van der Waals surface area contributed by atoms with Gasteiger partial charge in [-0.25, -0.2) is 0 Å². The number of nitrogens with two attached hydrogens (primary N) is 1.